The number of nitrogens with zero attached hydrogens (tertiary/aromatic N) is 3. The summed E-state index contributed by atoms with van der Waals surface area (Å²) in [6.07, 6.45) is 6.77. The molecule has 1 aliphatic heterocycles. The van der Waals surface area contributed by atoms with E-state index < -0.39 is 11.9 Å². The summed E-state index contributed by atoms with van der Waals surface area (Å²) >= 11 is 0. The van der Waals surface area contributed by atoms with E-state index in [1.807, 2.05) is 0 Å². The van der Waals surface area contributed by atoms with E-state index in [0.29, 0.717) is 42.0 Å². The first kappa shape index (κ1) is 25.0. The zero-order valence-electron chi connectivity index (χ0n) is 17.6. The van der Waals surface area contributed by atoms with Gasteiger partial charge in [-0.2, -0.15) is 4.98 Å². The minimum atomic E-state index is -1.26. The standard InChI is InChI=1S/C16H26N4O2.C4H4O4/c1-4-7-14-17-11-13(16(19-14)22-3)15(21)18-10-12-8-6-9-20(12)5-2;5-3(6)1-2-4(7)8/h11-12H,4-10H2,1-3H3,(H,18,21);1-2H,(H,5,6)(H,7,8)/b;2-1+. The number of amides is 1. The van der Waals surface area contributed by atoms with Gasteiger partial charge in [0.1, 0.15) is 11.4 Å². The Labute approximate surface area is 176 Å². The number of aryl methyl sites for hydroxylation is 1. The number of nitrogens with one attached hydrogen (secondary N) is 1. The van der Waals surface area contributed by atoms with E-state index in [4.69, 9.17) is 14.9 Å². The highest BCUT2D eigenvalue weighted by atomic mass is 16.5. The monoisotopic (exact) mass is 422 g/mol. The van der Waals surface area contributed by atoms with Gasteiger partial charge in [0, 0.05) is 37.4 Å². The average Bonchev–Trinajstić information content (AvgIpc) is 3.18. The van der Waals surface area contributed by atoms with Gasteiger partial charge in [0.25, 0.3) is 5.91 Å². The zero-order valence-corrected chi connectivity index (χ0v) is 17.6. The van der Waals surface area contributed by atoms with Crippen LogP contribution in [0.3, 0.4) is 0 Å². The van der Waals surface area contributed by atoms with Crippen molar-refractivity contribution in [2.24, 2.45) is 0 Å². The van der Waals surface area contributed by atoms with Gasteiger partial charge in [0.2, 0.25) is 5.88 Å². The van der Waals surface area contributed by atoms with Crippen LogP contribution in [0, 0.1) is 0 Å². The van der Waals surface area contributed by atoms with Crippen LogP contribution >= 0.6 is 0 Å². The van der Waals surface area contributed by atoms with Gasteiger partial charge in [-0.1, -0.05) is 13.8 Å². The summed E-state index contributed by atoms with van der Waals surface area (Å²) in [5, 5.41) is 18.6. The quantitative estimate of drug-likeness (QED) is 0.503. The van der Waals surface area contributed by atoms with Crippen molar-refractivity contribution >= 4 is 17.8 Å². The van der Waals surface area contributed by atoms with Gasteiger partial charge in [0.05, 0.1) is 7.11 Å². The van der Waals surface area contributed by atoms with E-state index in [1.54, 1.807) is 6.20 Å². The molecule has 10 heteroatoms. The van der Waals surface area contributed by atoms with Crippen molar-refractivity contribution in [1.82, 2.24) is 20.2 Å². The molecule has 30 heavy (non-hydrogen) atoms. The van der Waals surface area contributed by atoms with Gasteiger partial charge in [-0.25, -0.2) is 14.6 Å². The fraction of sp³-hybridized carbons (Fsp3) is 0.550. The smallest absolute Gasteiger partial charge is 0.328 e. The summed E-state index contributed by atoms with van der Waals surface area (Å²) in [6.45, 7) is 7.03. The van der Waals surface area contributed by atoms with Gasteiger partial charge in [0.15, 0.2) is 0 Å². The van der Waals surface area contributed by atoms with Gasteiger partial charge < -0.3 is 20.3 Å². The lowest BCUT2D eigenvalue weighted by molar-refractivity contribution is -0.134. The summed E-state index contributed by atoms with van der Waals surface area (Å²) in [7, 11) is 1.53. The number of carbonyl (C=O) groups excluding carboxylic acids is 1. The minimum Gasteiger partial charge on any atom is -0.480 e. The lowest BCUT2D eigenvalue weighted by Gasteiger charge is -2.22. The van der Waals surface area contributed by atoms with E-state index in [2.05, 4.69) is 34.0 Å². The lowest BCUT2D eigenvalue weighted by Crippen LogP contribution is -2.40. The summed E-state index contributed by atoms with van der Waals surface area (Å²) in [4.78, 5) is 42.4. The van der Waals surface area contributed by atoms with Crippen molar-refractivity contribution in [3.63, 3.8) is 0 Å². The maximum Gasteiger partial charge on any atom is 0.328 e. The molecule has 10 nitrogen and oxygen atoms in total. The Morgan fingerprint density at radius 2 is 1.93 bits per heavy atom. The predicted octanol–water partition coefficient (Wildman–Crippen LogP) is 1.36. The Bertz CT molecular complexity index is 737. The Hall–Kier alpha value is -3.01. The molecule has 0 aliphatic carbocycles. The molecule has 1 fully saturated rings. The van der Waals surface area contributed by atoms with Crippen molar-refractivity contribution in [2.45, 2.75) is 45.6 Å². The van der Waals surface area contributed by atoms with Crippen LogP contribution < -0.4 is 10.1 Å². The molecule has 0 radical (unpaired) electrons. The van der Waals surface area contributed by atoms with Crippen molar-refractivity contribution in [3.05, 3.63) is 29.7 Å². The van der Waals surface area contributed by atoms with Crippen LogP contribution in [0.25, 0.3) is 0 Å². The third kappa shape index (κ3) is 8.56. The zero-order chi connectivity index (χ0) is 22.5. The van der Waals surface area contributed by atoms with Crippen LogP contribution in [-0.2, 0) is 16.0 Å². The molecule has 1 aromatic rings. The van der Waals surface area contributed by atoms with Gasteiger partial charge >= 0.3 is 11.9 Å². The Morgan fingerprint density at radius 1 is 1.27 bits per heavy atom. The first-order valence-electron chi connectivity index (χ1n) is 9.88. The number of carboxylic acid groups (broad SMARTS) is 2. The maximum absolute atomic E-state index is 12.4. The summed E-state index contributed by atoms with van der Waals surface area (Å²) < 4.78 is 5.25. The average molecular weight is 422 g/mol. The lowest BCUT2D eigenvalue weighted by atomic mass is 10.2. The number of carbonyl (C=O) groups is 3. The molecule has 1 aromatic heterocycles. The summed E-state index contributed by atoms with van der Waals surface area (Å²) in [5.74, 6) is -1.61. The van der Waals surface area contributed by atoms with Crippen LogP contribution in [0.2, 0.25) is 0 Å². The second-order valence-corrected chi connectivity index (χ2v) is 6.60. The minimum absolute atomic E-state index is 0.164. The van der Waals surface area contributed by atoms with Crippen LogP contribution in [0.5, 0.6) is 5.88 Å². The number of hydrogen-bond donors (Lipinski definition) is 3. The number of aliphatic carboxylic acids is 2. The first-order chi connectivity index (χ1) is 14.3. The molecular formula is C20H30N4O6. The van der Waals surface area contributed by atoms with Gasteiger partial charge in [-0.15, -0.1) is 0 Å². The number of aromatic nitrogens is 2. The van der Waals surface area contributed by atoms with Crippen LogP contribution in [0.4, 0.5) is 0 Å². The molecule has 3 N–H and O–H groups in total. The second kappa shape index (κ2) is 13.3. The second-order valence-electron chi connectivity index (χ2n) is 6.60. The van der Waals surface area contributed by atoms with Crippen molar-refractivity contribution in [1.29, 1.82) is 0 Å². The highest BCUT2D eigenvalue weighted by Crippen LogP contribution is 2.17. The molecule has 2 rings (SSSR count). The van der Waals surface area contributed by atoms with E-state index in [0.717, 1.165) is 32.4 Å². The number of carboxylic acids is 2. The molecule has 1 atom stereocenters. The molecule has 1 unspecified atom stereocenters. The molecule has 0 saturated carbocycles. The predicted molar refractivity (Wildman–Crippen MR) is 110 cm³/mol. The molecule has 0 spiro atoms. The van der Waals surface area contributed by atoms with Crippen LogP contribution in [0.15, 0.2) is 18.3 Å². The normalized spacial score (nSPS) is 16.0. The van der Waals surface area contributed by atoms with E-state index in [9.17, 15) is 14.4 Å². The maximum atomic E-state index is 12.4. The van der Waals surface area contributed by atoms with Crippen LogP contribution in [0.1, 0.15) is 49.3 Å². The third-order valence-corrected chi connectivity index (χ3v) is 4.49. The molecule has 1 saturated heterocycles. The van der Waals surface area contributed by atoms with Crippen molar-refractivity contribution in [3.8, 4) is 5.88 Å². The Morgan fingerprint density at radius 3 is 2.47 bits per heavy atom. The molecule has 0 bridgehead atoms. The topological polar surface area (TPSA) is 142 Å². The molecule has 166 valence electrons. The number of rotatable bonds is 9. The highest BCUT2D eigenvalue weighted by molar-refractivity contribution is 5.96. The number of likely N-dealkylation sites (N-methyl/N-ethyl adjacent to an activating group) is 1. The van der Waals surface area contributed by atoms with E-state index >= 15 is 0 Å². The van der Waals surface area contributed by atoms with Gasteiger partial charge in [-0.05, 0) is 32.4 Å². The largest absolute Gasteiger partial charge is 0.480 e. The summed E-state index contributed by atoms with van der Waals surface area (Å²) in [5.41, 5.74) is 0.406. The first-order valence-corrected chi connectivity index (χ1v) is 9.88. The highest BCUT2D eigenvalue weighted by Gasteiger charge is 2.24. The number of likely N-dealkylation sites (tertiary alicyclic amines) is 1. The Balaban J connectivity index is 0.000000479. The van der Waals surface area contributed by atoms with Crippen molar-refractivity contribution < 1.29 is 29.3 Å². The number of hydrogen-bond acceptors (Lipinski definition) is 7. The third-order valence-electron chi connectivity index (χ3n) is 4.49. The molecule has 0 aromatic carbocycles. The number of ether oxygens (including phenoxy) is 1. The fourth-order valence-electron chi connectivity index (χ4n) is 3.05. The van der Waals surface area contributed by atoms with Crippen molar-refractivity contribution in [2.75, 3.05) is 26.7 Å². The SMILES string of the molecule is CCCc1ncc(C(=O)NCC2CCCN2CC)c(OC)n1.O=C(O)/C=C/C(=O)O. The number of methoxy groups -OCH3 is 1. The Kier molecular flexibility index (Phi) is 11.1. The molecular weight excluding hydrogens is 392 g/mol. The summed E-state index contributed by atoms with van der Waals surface area (Å²) in [6, 6.07) is 0.431. The van der Waals surface area contributed by atoms with Crippen LogP contribution in [-0.4, -0.2) is 75.7 Å². The van der Waals surface area contributed by atoms with Gasteiger partial charge in [-0.3, -0.25) is 9.69 Å². The van der Waals surface area contributed by atoms with E-state index in [-0.39, 0.29) is 5.91 Å². The molecule has 2 heterocycles. The van der Waals surface area contributed by atoms with E-state index in [1.165, 1.54) is 13.5 Å². The molecule has 1 amide bonds. The fourth-order valence-corrected chi connectivity index (χ4v) is 3.05. The molecule has 1 aliphatic rings.